The van der Waals surface area contributed by atoms with Gasteiger partial charge >= 0.3 is 0 Å². The molecule has 1 amide bonds. The number of carbonyl (C=O) groups excluding carboxylic acids is 1. The molecule has 0 spiro atoms. The van der Waals surface area contributed by atoms with Crippen molar-refractivity contribution in [2.24, 2.45) is 0 Å². The maximum absolute atomic E-state index is 11.6. The molecule has 0 radical (unpaired) electrons. The number of hydrogen-bond donors (Lipinski definition) is 2. The van der Waals surface area contributed by atoms with Gasteiger partial charge in [-0.2, -0.15) is 0 Å². The summed E-state index contributed by atoms with van der Waals surface area (Å²) in [6, 6.07) is 5.71. The van der Waals surface area contributed by atoms with Crippen molar-refractivity contribution in [3.63, 3.8) is 0 Å². The van der Waals surface area contributed by atoms with E-state index in [-0.39, 0.29) is 5.91 Å². The smallest absolute Gasteiger partial charge is 0.251 e. The predicted octanol–water partition coefficient (Wildman–Crippen LogP) is 1.49. The molecule has 1 aromatic rings. The summed E-state index contributed by atoms with van der Waals surface area (Å²) in [4.78, 5) is 14.0. The van der Waals surface area contributed by atoms with Crippen LogP contribution in [0.25, 0.3) is 0 Å². The Morgan fingerprint density at radius 2 is 2.35 bits per heavy atom. The Kier molecular flexibility index (Phi) is 4.84. The summed E-state index contributed by atoms with van der Waals surface area (Å²) < 4.78 is 5.75. The van der Waals surface area contributed by atoms with Gasteiger partial charge in [-0.3, -0.25) is 4.79 Å². The summed E-state index contributed by atoms with van der Waals surface area (Å²) in [7, 11) is 3.76. The maximum atomic E-state index is 11.6. The molecule has 0 saturated carbocycles. The molecule has 1 saturated heterocycles. The van der Waals surface area contributed by atoms with Crippen LogP contribution in [0.4, 0.5) is 5.69 Å². The molecule has 1 aliphatic rings. The second-order valence-corrected chi connectivity index (χ2v) is 5.25. The maximum Gasteiger partial charge on any atom is 0.251 e. The van der Waals surface area contributed by atoms with Crippen LogP contribution < -0.4 is 15.8 Å². The number of nitrogens with one attached hydrogen (secondary N) is 1. The van der Waals surface area contributed by atoms with Gasteiger partial charge in [-0.1, -0.05) is 0 Å². The second kappa shape index (κ2) is 6.61. The standard InChI is InChI=1S/C15H23N3O2/c1-17-15(19)11-5-6-13(16)14(10-11)20-9-7-12-4-3-8-18(12)2/h5-6,10,12H,3-4,7-9,16H2,1-2H3,(H,17,19). The van der Waals surface area contributed by atoms with Crippen molar-refractivity contribution in [3.05, 3.63) is 23.8 Å². The molecule has 2 rings (SSSR count). The zero-order chi connectivity index (χ0) is 14.5. The van der Waals surface area contributed by atoms with Gasteiger partial charge in [0.1, 0.15) is 5.75 Å². The molecule has 0 bridgehead atoms. The minimum absolute atomic E-state index is 0.134. The first-order chi connectivity index (χ1) is 9.61. The normalized spacial score (nSPS) is 19.0. The average molecular weight is 277 g/mol. The molecule has 5 heteroatoms. The first kappa shape index (κ1) is 14.7. The van der Waals surface area contributed by atoms with Crippen LogP contribution in [-0.4, -0.2) is 44.1 Å². The van der Waals surface area contributed by atoms with Gasteiger partial charge in [0.2, 0.25) is 0 Å². The summed E-state index contributed by atoms with van der Waals surface area (Å²) in [6.07, 6.45) is 3.48. The van der Waals surface area contributed by atoms with Crippen LogP contribution in [0.1, 0.15) is 29.6 Å². The first-order valence-electron chi connectivity index (χ1n) is 7.06. The SMILES string of the molecule is CNC(=O)c1ccc(N)c(OCCC2CCCN2C)c1. The molecule has 1 atom stereocenters. The molecule has 5 nitrogen and oxygen atoms in total. The molecule has 1 aliphatic heterocycles. The zero-order valence-corrected chi connectivity index (χ0v) is 12.2. The summed E-state index contributed by atoms with van der Waals surface area (Å²) in [5, 5.41) is 2.59. The van der Waals surface area contributed by atoms with Crippen LogP contribution in [0.2, 0.25) is 0 Å². The lowest BCUT2D eigenvalue weighted by Gasteiger charge is -2.19. The predicted molar refractivity (Wildman–Crippen MR) is 80.0 cm³/mol. The molecule has 1 heterocycles. The van der Waals surface area contributed by atoms with Crippen molar-refractivity contribution < 1.29 is 9.53 Å². The van der Waals surface area contributed by atoms with Crippen molar-refractivity contribution in [2.75, 3.05) is 33.0 Å². The lowest BCUT2D eigenvalue weighted by atomic mass is 10.1. The Bertz CT molecular complexity index is 476. The number of carbonyl (C=O) groups is 1. The third-order valence-corrected chi connectivity index (χ3v) is 3.88. The van der Waals surface area contributed by atoms with Crippen molar-refractivity contribution in [3.8, 4) is 5.75 Å². The Morgan fingerprint density at radius 1 is 1.55 bits per heavy atom. The van der Waals surface area contributed by atoms with Gasteiger partial charge in [0, 0.05) is 18.7 Å². The second-order valence-electron chi connectivity index (χ2n) is 5.25. The molecule has 0 aliphatic carbocycles. The minimum Gasteiger partial charge on any atom is -0.491 e. The Morgan fingerprint density at radius 3 is 3.00 bits per heavy atom. The fraction of sp³-hybridized carbons (Fsp3) is 0.533. The van der Waals surface area contributed by atoms with E-state index in [9.17, 15) is 4.79 Å². The molecule has 1 unspecified atom stereocenters. The fourth-order valence-corrected chi connectivity index (χ4v) is 2.59. The number of amides is 1. The third-order valence-electron chi connectivity index (χ3n) is 3.88. The van der Waals surface area contributed by atoms with Crippen molar-refractivity contribution in [2.45, 2.75) is 25.3 Å². The van der Waals surface area contributed by atoms with E-state index in [4.69, 9.17) is 10.5 Å². The first-order valence-corrected chi connectivity index (χ1v) is 7.06. The van der Waals surface area contributed by atoms with Gasteiger partial charge in [0.25, 0.3) is 5.91 Å². The number of rotatable bonds is 5. The van der Waals surface area contributed by atoms with E-state index in [0.717, 1.165) is 6.42 Å². The summed E-state index contributed by atoms with van der Waals surface area (Å²) in [5.41, 5.74) is 7.02. The van der Waals surface area contributed by atoms with E-state index in [1.54, 1.807) is 25.2 Å². The van der Waals surface area contributed by atoms with Crippen LogP contribution in [0.5, 0.6) is 5.75 Å². The number of ether oxygens (including phenoxy) is 1. The molecule has 1 aromatic carbocycles. The van der Waals surface area contributed by atoms with Gasteiger partial charge < -0.3 is 20.7 Å². The molecule has 0 aromatic heterocycles. The van der Waals surface area contributed by atoms with Crippen molar-refractivity contribution in [1.29, 1.82) is 0 Å². The summed E-state index contributed by atoms with van der Waals surface area (Å²) in [5.74, 6) is 0.456. The van der Waals surface area contributed by atoms with Gasteiger partial charge in [-0.05, 0) is 51.1 Å². The third kappa shape index (κ3) is 3.42. The number of nitrogens with zero attached hydrogens (tertiary/aromatic N) is 1. The molecular formula is C15H23N3O2. The number of nitrogen functional groups attached to an aromatic ring is 1. The lowest BCUT2D eigenvalue weighted by molar-refractivity contribution is 0.0962. The highest BCUT2D eigenvalue weighted by molar-refractivity contribution is 5.95. The van der Waals surface area contributed by atoms with Crippen LogP contribution in [0.15, 0.2) is 18.2 Å². The highest BCUT2D eigenvalue weighted by atomic mass is 16.5. The lowest BCUT2D eigenvalue weighted by Crippen LogP contribution is -2.26. The monoisotopic (exact) mass is 277 g/mol. The summed E-state index contributed by atoms with van der Waals surface area (Å²) in [6.45, 7) is 1.79. The van der Waals surface area contributed by atoms with Crippen LogP contribution in [0.3, 0.4) is 0 Å². The van der Waals surface area contributed by atoms with Gasteiger partial charge in [-0.15, -0.1) is 0 Å². The Hall–Kier alpha value is -1.75. The van der Waals surface area contributed by atoms with Crippen LogP contribution in [-0.2, 0) is 0 Å². The number of hydrogen-bond acceptors (Lipinski definition) is 4. The van der Waals surface area contributed by atoms with E-state index in [1.807, 2.05) is 0 Å². The number of likely N-dealkylation sites (tertiary alicyclic amines) is 1. The van der Waals surface area contributed by atoms with E-state index in [0.29, 0.717) is 29.6 Å². The molecular weight excluding hydrogens is 254 g/mol. The average Bonchev–Trinajstić information content (AvgIpc) is 2.85. The largest absolute Gasteiger partial charge is 0.491 e. The van der Waals surface area contributed by atoms with Crippen molar-refractivity contribution in [1.82, 2.24) is 10.2 Å². The topological polar surface area (TPSA) is 67.6 Å². The molecule has 110 valence electrons. The van der Waals surface area contributed by atoms with E-state index >= 15 is 0 Å². The number of benzene rings is 1. The van der Waals surface area contributed by atoms with Gasteiger partial charge in [0.15, 0.2) is 0 Å². The van der Waals surface area contributed by atoms with E-state index in [2.05, 4.69) is 17.3 Å². The Labute approximate surface area is 120 Å². The molecule has 1 fully saturated rings. The van der Waals surface area contributed by atoms with E-state index in [1.165, 1.54) is 19.4 Å². The fourth-order valence-electron chi connectivity index (χ4n) is 2.59. The highest BCUT2D eigenvalue weighted by Crippen LogP contribution is 2.24. The molecule has 3 N–H and O–H groups in total. The van der Waals surface area contributed by atoms with Gasteiger partial charge in [0.05, 0.1) is 12.3 Å². The number of anilines is 1. The Balaban J connectivity index is 1.93. The van der Waals surface area contributed by atoms with Gasteiger partial charge in [-0.25, -0.2) is 0 Å². The van der Waals surface area contributed by atoms with Crippen molar-refractivity contribution >= 4 is 11.6 Å². The van der Waals surface area contributed by atoms with Crippen LogP contribution >= 0.6 is 0 Å². The van der Waals surface area contributed by atoms with Crippen LogP contribution in [0, 0.1) is 0 Å². The highest BCUT2D eigenvalue weighted by Gasteiger charge is 2.20. The number of nitrogens with two attached hydrogens (primary N) is 1. The quantitative estimate of drug-likeness (QED) is 0.800. The van der Waals surface area contributed by atoms with E-state index < -0.39 is 0 Å². The minimum atomic E-state index is -0.134. The summed E-state index contributed by atoms with van der Waals surface area (Å²) >= 11 is 0. The zero-order valence-electron chi connectivity index (χ0n) is 12.2. The molecule has 20 heavy (non-hydrogen) atoms.